The molecule has 0 aliphatic carbocycles. The lowest BCUT2D eigenvalue weighted by molar-refractivity contribution is 1.15. The number of nitrogens with zero attached hydrogens (tertiary/aromatic N) is 2. The summed E-state index contributed by atoms with van der Waals surface area (Å²) in [5.41, 5.74) is 9.54. The van der Waals surface area contributed by atoms with Crippen LogP contribution >= 0.6 is 0 Å². The van der Waals surface area contributed by atoms with Gasteiger partial charge in [0.25, 0.3) is 0 Å². The molecule has 0 fully saturated rings. The van der Waals surface area contributed by atoms with E-state index in [-0.39, 0.29) is 0 Å². The van der Waals surface area contributed by atoms with Crippen LogP contribution in [0.5, 0.6) is 0 Å². The number of H-pyrrole nitrogens is 1. The van der Waals surface area contributed by atoms with Gasteiger partial charge < -0.3 is 14.1 Å². The number of benzene rings is 9. The van der Waals surface area contributed by atoms with Gasteiger partial charge in [-0.25, -0.2) is 0 Å². The summed E-state index contributed by atoms with van der Waals surface area (Å²) in [6.07, 6.45) is 0. The Hall–Kier alpha value is -6.84. The molecule has 0 aliphatic heterocycles. The molecule has 0 bridgehead atoms. The Kier molecular flexibility index (Phi) is 5.23. The molecule has 3 aromatic heterocycles. The minimum Gasteiger partial charge on any atom is -0.354 e. The van der Waals surface area contributed by atoms with E-state index in [9.17, 15) is 0 Å². The largest absolute Gasteiger partial charge is 0.354 e. The first-order valence-electron chi connectivity index (χ1n) is 17.6. The first-order chi connectivity index (χ1) is 25.3. The van der Waals surface area contributed by atoms with E-state index in [4.69, 9.17) is 0 Å². The van der Waals surface area contributed by atoms with Crippen LogP contribution in [0.25, 0.3) is 109 Å². The highest BCUT2D eigenvalue weighted by atomic mass is 15.0. The molecular formula is C48H29N3. The second-order valence-corrected chi connectivity index (χ2v) is 13.7. The lowest BCUT2D eigenvalue weighted by Gasteiger charge is -2.16. The average Bonchev–Trinajstić information content (AvgIpc) is 3.87. The predicted octanol–water partition coefficient (Wildman–Crippen LogP) is 13.0. The van der Waals surface area contributed by atoms with Gasteiger partial charge in [-0.1, -0.05) is 121 Å². The number of para-hydroxylation sites is 4. The first kappa shape index (κ1) is 27.0. The third-order valence-corrected chi connectivity index (χ3v) is 11.2. The summed E-state index contributed by atoms with van der Waals surface area (Å²) in [4.78, 5) is 3.85. The molecule has 12 rings (SSSR count). The Morgan fingerprint density at radius 2 is 0.745 bits per heavy atom. The molecule has 1 N–H and O–H groups in total. The number of hydrogen-bond acceptors (Lipinski definition) is 0. The zero-order valence-corrected chi connectivity index (χ0v) is 27.6. The monoisotopic (exact) mass is 647 g/mol. The summed E-state index contributed by atoms with van der Waals surface area (Å²) < 4.78 is 4.89. The van der Waals surface area contributed by atoms with Gasteiger partial charge in [0, 0.05) is 65.4 Å². The normalized spacial score (nSPS) is 12.3. The molecule has 51 heavy (non-hydrogen) atoms. The fourth-order valence-electron chi connectivity index (χ4n) is 9.19. The molecule has 3 heteroatoms. The Labute approximate surface area is 292 Å². The molecule has 0 aliphatic rings. The van der Waals surface area contributed by atoms with E-state index in [1.54, 1.807) is 0 Å². The van der Waals surface area contributed by atoms with Crippen molar-refractivity contribution in [2.24, 2.45) is 0 Å². The van der Waals surface area contributed by atoms with E-state index >= 15 is 0 Å². The van der Waals surface area contributed by atoms with Crippen LogP contribution in [0.3, 0.4) is 0 Å². The molecule has 0 amide bonds. The number of hydrogen-bond donors (Lipinski definition) is 1. The van der Waals surface area contributed by atoms with Crippen molar-refractivity contribution < 1.29 is 0 Å². The topological polar surface area (TPSA) is 25.6 Å². The van der Waals surface area contributed by atoms with Crippen molar-refractivity contribution in [3.63, 3.8) is 0 Å². The third-order valence-electron chi connectivity index (χ3n) is 11.2. The Balaban J connectivity index is 1.25. The van der Waals surface area contributed by atoms with Gasteiger partial charge in [-0.3, -0.25) is 0 Å². The maximum Gasteiger partial charge on any atom is 0.0626 e. The van der Waals surface area contributed by atoms with Crippen LogP contribution in [0.15, 0.2) is 170 Å². The van der Waals surface area contributed by atoms with Crippen LogP contribution in [0.1, 0.15) is 0 Å². The van der Waals surface area contributed by atoms with Crippen LogP contribution in [-0.2, 0) is 0 Å². The summed E-state index contributed by atoms with van der Waals surface area (Å²) in [5, 5.41) is 15.3. The number of rotatable bonds is 2. The second-order valence-electron chi connectivity index (χ2n) is 13.7. The summed E-state index contributed by atoms with van der Waals surface area (Å²) in [6.45, 7) is 0. The van der Waals surface area contributed by atoms with Crippen molar-refractivity contribution in [1.29, 1.82) is 0 Å². The molecule has 3 nitrogen and oxygen atoms in total. The zero-order valence-electron chi connectivity index (χ0n) is 27.6. The maximum atomic E-state index is 3.85. The summed E-state index contributed by atoms with van der Waals surface area (Å²) in [5.74, 6) is 0. The van der Waals surface area contributed by atoms with Crippen LogP contribution in [0.2, 0.25) is 0 Å². The van der Waals surface area contributed by atoms with Gasteiger partial charge in [0.15, 0.2) is 0 Å². The highest BCUT2D eigenvalue weighted by molar-refractivity contribution is 6.45. The predicted molar refractivity (Wildman–Crippen MR) is 217 cm³/mol. The molecule has 12 aromatic rings. The molecule has 3 heterocycles. The van der Waals surface area contributed by atoms with Crippen molar-refractivity contribution in [2.45, 2.75) is 0 Å². The fourth-order valence-corrected chi connectivity index (χ4v) is 9.19. The van der Waals surface area contributed by atoms with Crippen molar-refractivity contribution in [2.75, 3.05) is 0 Å². The van der Waals surface area contributed by atoms with E-state index in [1.165, 1.54) is 92.2 Å². The van der Waals surface area contributed by atoms with Crippen molar-refractivity contribution >= 4 is 97.7 Å². The second kappa shape index (κ2) is 9.87. The van der Waals surface area contributed by atoms with Crippen molar-refractivity contribution in [3.05, 3.63) is 170 Å². The fraction of sp³-hybridized carbons (Fsp3) is 0. The molecule has 0 atom stereocenters. The van der Waals surface area contributed by atoms with Crippen LogP contribution in [0.4, 0.5) is 0 Å². The van der Waals surface area contributed by atoms with Gasteiger partial charge in [-0.05, 0) is 64.7 Å². The Morgan fingerprint density at radius 3 is 1.39 bits per heavy atom. The van der Waals surface area contributed by atoms with E-state index in [2.05, 4.69) is 184 Å². The van der Waals surface area contributed by atoms with Gasteiger partial charge in [-0.15, -0.1) is 0 Å². The van der Waals surface area contributed by atoms with Gasteiger partial charge in [-0.2, -0.15) is 0 Å². The molecule has 0 saturated heterocycles. The molecule has 0 saturated carbocycles. The summed E-state index contributed by atoms with van der Waals surface area (Å²) >= 11 is 0. The zero-order chi connectivity index (χ0) is 33.2. The molecule has 0 spiro atoms. The minimum absolute atomic E-state index is 1.14. The first-order valence-corrected chi connectivity index (χ1v) is 17.6. The van der Waals surface area contributed by atoms with Crippen molar-refractivity contribution in [3.8, 4) is 11.4 Å². The van der Waals surface area contributed by atoms with Crippen molar-refractivity contribution in [1.82, 2.24) is 14.1 Å². The third kappa shape index (κ3) is 3.47. The SMILES string of the molecule is c1ccc2c(c1)[nH]c1c3ccccc3c3c4ccccc4c4c(c5ccccc5n4-c4ccc(-n5c6ccccc6c6ccccc65)cc4)c3c21. The maximum absolute atomic E-state index is 3.85. The standard InChI is InChI=1S/C48H29N3/c1-3-17-35-33(15-1)43-34-16-2-4-18-36(34)48-45(46(43)44-37-19-5-9-21-39(37)49-47(35)44)38-20-8-12-24-42(38)51(48)30-27-25-29(26-28-30)50-40-22-10-6-13-31(40)32-14-7-11-23-41(32)50/h1-28,49H. The van der Waals surface area contributed by atoms with E-state index in [0.29, 0.717) is 0 Å². The number of nitrogens with one attached hydrogen (secondary N) is 1. The highest BCUT2D eigenvalue weighted by Gasteiger charge is 2.24. The molecular weight excluding hydrogens is 619 g/mol. The molecule has 236 valence electrons. The van der Waals surface area contributed by atoms with Crippen LogP contribution in [0, 0.1) is 0 Å². The molecule has 9 aromatic carbocycles. The van der Waals surface area contributed by atoms with Gasteiger partial charge in [0.2, 0.25) is 0 Å². The smallest absolute Gasteiger partial charge is 0.0626 e. The van der Waals surface area contributed by atoms with E-state index < -0.39 is 0 Å². The lowest BCUT2D eigenvalue weighted by Crippen LogP contribution is -1.98. The van der Waals surface area contributed by atoms with E-state index in [1.807, 2.05) is 0 Å². The van der Waals surface area contributed by atoms with E-state index in [0.717, 1.165) is 16.9 Å². The van der Waals surface area contributed by atoms with Gasteiger partial charge in [0.05, 0.1) is 27.6 Å². The molecule has 0 radical (unpaired) electrons. The minimum atomic E-state index is 1.14. The summed E-state index contributed by atoms with van der Waals surface area (Å²) in [7, 11) is 0. The quantitative estimate of drug-likeness (QED) is 0.181. The van der Waals surface area contributed by atoms with Crippen LogP contribution in [-0.4, -0.2) is 14.1 Å². The van der Waals surface area contributed by atoms with Crippen LogP contribution < -0.4 is 0 Å². The number of aromatic amines is 1. The summed E-state index contributed by atoms with van der Waals surface area (Å²) in [6, 6.07) is 62.2. The van der Waals surface area contributed by atoms with Gasteiger partial charge in [0.1, 0.15) is 0 Å². The number of aromatic nitrogens is 3. The average molecular weight is 648 g/mol. The lowest BCUT2D eigenvalue weighted by atomic mass is 9.89. The van der Waals surface area contributed by atoms with Gasteiger partial charge >= 0.3 is 0 Å². The highest BCUT2D eigenvalue weighted by Crippen LogP contribution is 2.49. The Morgan fingerprint density at radius 1 is 0.294 bits per heavy atom. The Bertz CT molecular complexity index is 3360. The number of fused-ring (bicyclic) bond motifs is 18. The molecule has 0 unspecified atom stereocenters.